The Labute approximate surface area is 179 Å². The van der Waals surface area contributed by atoms with Crippen molar-refractivity contribution in [3.05, 3.63) is 83.6 Å². The van der Waals surface area contributed by atoms with Gasteiger partial charge in [0.25, 0.3) is 5.91 Å². The van der Waals surface area contributed by atoms with Crippen LogP contribution in [0.2, 0.25) is 0 Å². The van der Waals surface area contributed by atoms with Gasteiger partial charge in [-0.05, 0) is 61.0 Å². The lowest BCUT2D eigenvalue weighted by molar-refractivity contribution is -0.136. The molecule has 0 N–H and O–H groups in total. The van der Waals surface area contributed by atoms with Gasteiger partial charge in [0.05, 0.1) is 24.6 Å². The van der Waals surface area contributed by atoms with Crippen molar-refractivity contribution in [1.29, 1.82) is 0 Å². The van der Waals surface area contributed by atoms with E-state index in [1.807, 2.05) is 31.2 Å². The van der Waals surface area contributed by atoms with Crippen molar-refractivity contribution in [3.8, 4) is 5.75 Å². The molecule has 0 spiro atoms. The molecule has 31 heavy (non-hydrogen) atoms. The highest BCUT2D eigenvalue weighted by Gasteiger charge is 2.35. The number of hydrogen-bond acceptors (Lipinski definition) is 7. The van der Waals surface area contributed by atoms with Crippen LogP contribution in [0, 0.1) is 6.92 Å². The zero-order chi connectivity index (χ0) is 21.8. The predicted molar refractivity (Wildman–Crippen MR) is 112 cm³/mol. The molecule has 0 saturated heterocycles. The van der Waals surface area contributed by atoms with Gasteiger partial charge >= 0.3 is 5.97 Å². The van der Waals surface area contributed by atoms with Crippen LogP contribution >= 0.6 is 0 Å². The van der Waals surface area contributed by atoms with Crippen molar-refractivity contribution in [3.63, 3.8) is 0 Å². The number of carbonyl (C=O) groups is 2. The first-order valence-electron chi connectivity index (χ1n) is 9.72. The van der Waals surface area contributed by atoms with Crippen molar-refractivity contribution >= 4 is 17.6 Å². The summed E-state index contributed by atoms with van der Waals surface area (Å²) in [6.07, 6.45) is 3.44. The third kappa shape index (κ3) is 4.48. The summed E-state index contributed by atoms with van der Waals surface area (Å²) in [6, 6.07) is 13.9. The first kappa shape index (κ1) is 20.3. The van der Waals surface area contributed by atoms with Crippen LogP contribution in [0.15, 0.2) is 70.5 Å². The molecular weight excluding hydrogens is 398 g/mol. The van der Waals surface area contributed by atoms with E-state index in [9.17, 15) is 9.59 Å². The Morgan fingerprint density at radius 2 is 1.97 bits per heavy atom. The molecule has 3 heterocycles. The number of aromatic nitrogens is 1. The van der Waals surface area contributed by atoms with Crippen LogP contribution < -0.4 is 4.74 Å². The van der Waals surface area contributed by atoms with E-state index >= 15 is 0 Å². The number of hydrogen-bond donors (Lipinski definition) is 0. The highest BCUT2D eigenvalue weighted by Crippen LogP contribution is 2.33. The molecule has 1 atom stereocenters. The van der Waals surface area contributed by atoms with Gasteiger partial charge in [0.1, 0.15) is 17.6 Å². The Morgan fingerprint density at radius 1 is 1.16 bits per heavy atom. The zero-order valence-electron chi connectivity index (χ0n) is 17.1. The average molecular weight is 419 g/mol. The second-order valence-corrected chi connectivity index (χ2v) is 7.01. The molecule has 3 aromatic rings. The van der Waals surface area contributed by atoms with Gasteiger partial charge in [0.2, 0.25) is 0 Å². The number of rotatable bonds is 6. The maximum atomic E-state index is 12.9. The normalized spacial score (nSPS) is 15.5. The summed E-state index contributed by atoms with van der Waals surface area (Å²) in [6.45, 7) is 1.38. The maximum Gasteiger partial charge on any atom is 0.340 e. The minimum absolute atomic E-state index is 0.282. The number of ether oxygens (including phenoxy) is 2. The Hall–Kier alpha value is -3.94. The van der Waals surface area contributed by atoms with Crippen molar-refractivity contribution < 1.29 is 23.5 Å². The van der Waals surface area contributed by atoms with Crippen molar-refractivity contribution in [2.24, 2.45) is 5.10 Å². The van der Waals surface area contributed by atoms with Crippen LogP contribution in [0.25, 0.3) is 0 Å². The van der Waals surface area contributed by atoms with Gasteiger partial charge in [-0.25, -0.2) is 9.80 Å². The molecule has 0 fully saturated rings. The van der Waals surface area contributed by atoms with Crippen LogP contribution in [0.1, 0.15) is 39.8 Å². The molecule has 1 aliphatic heterocycles. The predicted octanol–water partition coefficient (Wildman–Crippen LogP) is 3.53. The Kier molecular flexibility index (Phi) is 5.79. The first-order valence-corrected chi connectivity index (χ1v) is 9.72. The molecular formula is C23H21N3O5. The van der Waals surface area contributed by atoms with E-state index in [-0.39, 0.29) is 5.56 Å². The summed E-state index contributed by atoms with van der Waals surface area (Å²) in [5.74, 6) is 0.275. The van der Waals surface area contributed by atoms with E-state index in [4.69, 9.17) is 13.9 Å². The quantitative estimate of drug-likeness (QED) is 0.568. The Balaban J connectivity index is 1.50. The number of pyridine rings is 1. The fourth-order valence-corrected chi connectivity index (χ4v) is 3.27. The van der Waals surface area contributed by atoms with Gasteiger partial charge in [-0.15, -0.1) is 0 Å². The van der Waals surface area contributed by atoms with E-state index in [1.165, 1.54) is 11.2 Å². The van der Waals surface area contributed by atoms with Gasteiger partial charge in [-0.1, -0.05) is 0 Å². The summed E-state index contributed by atoms with van der Waals surface area (Å²) in [4.78, 5) is 29.2. The standard InChI is InChI=1S/C23H21N3O5/c1-15-5-6-17(13-24-15)23(28)31-14-22(27)26-20(21-4-3-11-30-21)12-19(25-26)16-7-9-18(29-2)10-8-16/h3-11,13,20H,12,14H2,1-2H3. The number of aryl methyl sites for hydroxylation is 1. The lowest BCUT2D eigenvalue weighted by Crippen LogP contribution is -2.31. The molecule has 8 nitrogen and oxygen atoms in total. The van der Waals surface area contributed by atoms with E-state index in [2.05, 4.69) is 10.1 Å². The van der Waals surface area contributed by atoms with Crippen LogP contribution in [0.4, 0.5) is 0 Å². The fraction of sp³-hybridized carbons (Fsp3) is 0.217. The number of furan rings is 1. The lowest BCUT2D eigenvalue weighted by atomic mass is 10.0. The SMILES string of the molecule is COc1ccc(C2=NN(C(=O)COC(=O)c3ccc(C)nc3)C(c3ccco3)C2)cc1. The average Bonchev–Trinajstić information content (AvgIpc) is 3.48. The molecule has 4 rings (SSSR count). The lowest BCUT2D eigenvalue weighted by Gasteiger charge is -2.19. The molecule has 8 heteroatoms. The third-order valence-electron chi connectivity index (χ3n) is 4.93. The molecule has 158 valence electrons. The van der Waals surface area contributed by atoms with E-state index in [1.54, 1.807) is 37.6 Å². The molecule has 0 aliphatic carbocycles. The minimum atomic E-state index is -0.617. The second-order valence-electron chi connectivity index (χ2n) is 7.01. The zero-order valence-corrected chi connectivity index (χ0v) is 17.1. The monoisotopic (exact) mass is 419 g/mol. The highest BCUT2D eigenvalue weighted by molar-refractivity contribution is 6.03. The minimum Gasteiger partial charge on any atom is -0.497 e. The summed E-state index contributed by atoms with van der Waals surface area (Å²) >= 11 is 0. The van der Waals surface area contributed by atoms with Crippen molar-refractivity contribution in [2.75, 3.05) is 13.7 Å². The summed E-state index contributed by atoms with van der Waals surface area (Å²) in [7, 11) is 1.60. The van der Waals surface area contributed by atoms with Gasteiger partial charge in [-0.3, -0.25) is 9.78 Å². The van der Waals surface area contributed by atoms with Crippen LogP contribution in [0.5, 0.6) is 5.75 Å². The molecule has 1 unspecified atom stereocenters. The Morgan fingerprint density at radius 3 is 2.61 bits per heavy atom. The van der Waals surface area contributed by atoms with Gasteiger partial charge in [0, 0.05) is 18.3 Å². The second kappa shape index (κ2) is 8.83. The van der Waals surface area contributed by atoms with E-state index in [0.717, 1.165) is 22.7 Å². The fourth-order valence-electron chi connectivity index (χ4n) is 3.27. The molecule has 0 saturated carbocycles. The van der Waals surface area contributed by atoms with Crippen LogP contribution in [-0.4, -0.2) is 41.3 Å². The first-order chi connectivity index (χ1) is 15.0. The third-order valence-corrected chi connectivity index (χ3v) is 4.93. The number of nitrogens with zero attached hydrogens (tertiary/aromatic N) is 3. The number of methoxy groups -OCH3 is 1. The highest BCUT2D eigenvalue weighted by atomic mass is 16.5. The topological polar surface area (TPSA) is 94.2 Å². The summed E-state index contributed by atoms with van der Waals surface area (Å²) < 4.78 is 15.9. The summed E-state index contributed by atoms with van der Waals surface area (Å²) in [5.41, 5.74) is 2.66. The van der Waals surface area contributed by atoms with E-state index in [0.29, 0.717) is 12.2 Å². The molecule has 1 aromatic carbocycles. The van der Waals surface area contributed by atoms with Crippen molar-refractivity contribution in [1.82, 2.24) is 9.99 Å². The number of benzene rings is 1. The number of amides is 1. The molecule has 0 radical (unpaired) electrons. The smallest absolute Gasteiger partial charge is 0.340 e. The molecule has 2 aromatic heterocycles. The largest absolute Gasteiger partial charge is 0.497 e. The molecule has 1 aliphatic rings. The maximum absolute atomic E-state index is 12.9. The van der Waals surface area contributed by atoms with Gasteiger partial charge < -0.3 is 13.9 Å². The summed E-state index contributed by atoms with van der Waals surface area (Å²) in [5, 5.41) is 5.83. The molecule has 0 bridgehead atoms. The molecule has 1 amide bonds. The van der Waals surface area contributed by atoms with Gasteiger partial charge in [-0.2, -0.15) is 5.10 Å². The van der Waals surface area contributed by atoms with Gasteiger partial charge in [0.15, 0.2) is 6.61 Å². The number of hydrazone groups is 1. The van der Waals surface area contributed by atoms with Crippen LogP contribution in [0.3, 0.4) is 0 Å². The number of carbonyl (C=O) groups excluding carboxylic acids is 2. The van der Waals surface area contributed by atoms with Crippen molar-refractivity contribution in [2.45, 2.75) is 19.4 Å². The number of esters is 1. The van der Waals surface area contributed by atoms with E-state index < -0.39 is 24.5 Å². The van der Waals surface area contributed by atoms with Crippen LogP contribution in [-0.2, 0) is 9.53 Å². The Bertz CT molecular complexity index is 1090.